The Balaban J connectivity index is 1.81. The van der Waals surface area contributed by atoms with E-state index in [1.807, 2.05) is 18.2 Å². The maximum absolute atomic E-state index is 13.0. The van der Waals surface area contributed by atoms with Gasteiger partial charge in [-0.25, -0.2) is 4.79 Å². The van der Waals surface area contributed by atoms with Gasteiger partial charge in [0, 0.05) is 13.1 Å². The van der Waals surface area contributed by atoms with Crippen molar-refractivity contribution in [3.8, 4) is 0 Å². The van der Waals surface area contributed by atoms with E-state index < -0.39 is 17.5 Å². The molecule has 142 valence electrons. The number of amides is 4. The number of rotatable bonds is 7. The molecule has 1 aromatic carbocycles. The van der Waals surface area contributed by atoms with Crippen molar-refractivity contribution < 1.29 is 14.4 Å². The van der Waals surface area contributed by atoms with E-state index >= 15 is 0 Å². The van der Waals surface area contributed by atoms with Crippen molar-refractivity contribution in [3.63, 3.8) is 0 Å². The van der Waals surface area contributed by atoms with Gasteiger partial charge in [-0.2, -0.15) is 0 Å². The van der Waals surface area contributed by atoms with Gasteiger partial charge >= 0.3 is 6.03 Å². The summed E-state index contributed by atoms with van der Waals surface area (Å²) in [7, 11) is 0. The number of urea groups is 1. The summed E-state index contributed by atoms with van der Waals surface area (Å²) in [6, 6.07) is 5.39. The van der Waals surface area contributed by atoms with Crippen LogP contribution in [0.3, 0.4) is 0 Å². The number of benzene rings is 1. The predicted octanol–water partition coefficient (Wildman–Crippen LogP) is 2.14. The number of imide groups is 1. The second-order valence-electron chi connectivity index (χ2n) is 7.16. The minimum Gasteiger partial charge on any atom is -0.334 e. The molecule has 1 saturated heterocycles. The maximum Gasteiger partial charge on any atom is 0.325 e. The third kappa shape index (κ3) is 3.39. The summed E-state index contributed by atoms with van der Waals surface area (Å²) < 4.78 is 0. The Labute approximate surface area is 159 Å². The molecule has 1 aliphatic heterocycles. The first kappa shape index (κ1) is 18.9. The lowest BCUT2D eigenvalue weighted by Crippen LogP contribution is -2.44. The summed E-state index contributed by atoms with van der Waals surface area (Å²) in [5, 5.41) is 2.77. The van der Waals surface area contributed by atoms with E-state index in [2.05, 4.69) is 18.5 Å². The number of carbonyl (C=O) groups excluding carboxylic acids is 3. The lowest BCUT2D eigenvalue weighted by Gasteiger charge is -2.24. The lowest BCUT2D eigenvalue weighted by molar-refractivity contribution is -0.138. The number of nitrogens with one attached hydrogen (secondary N) is 1. The molecule has 1 unspecified atom stereocenters. The summed E-state index contributed by atoms with van der Waals surface area (Å²) in [5.41, 5.74) is 2.13. The minimum atomic E-state index is -1.16. The third-order valence-corrected chi connectivity index (χ3v) is 5.30. The van der Waals surface area contributed by atoms with Gasteiger partial charge in [-0.15, -0.1) is 13.2 Å². The Morgan fingerprint density at radius 1 is 1.22 bits per heavy atom. The predicted molar refractivity (Wildman–Crippen MR) is 103 cm³/mol. The average Bonchev–Trinajstić information content (AvgIpc) is 3.20. The Kier molecular flexibility index (Phi) is 5.17. The van der Waals surface area contributed by atoms with Gasteiger partial charge in [0.1, 0.15) is 12.1 Å². The fourth-order valence-corrected chi connectivity index (χ4v) is 3.74. The van der Waals surface area contributed by atoms with Gasteiger partial charge in [0.2, 0.25) is 5.91 Å². The van der Waals surface area contributed by atoms with Crippen molar-refractivity contribution in [2.75, 3.05) is 19.6 Å². The van der Waals surface area contributed by atoms with Crippen LogP contribution in [0, 0.1) is 0 Å². The van der Waals surface area contributed by atoms with Gasteiger partial charge in [-0.05, 0) is 42.9 Å². The van der Waals surface area contributed by atoms with Gasteiger partial charge in [-0.1, -0.05) is 30.4 Å². The molecule has 0 aromatic heterocycles. The topological polar surface area (TPSA) is 69.7 Å². The highest BCUT2D eigenvalue weighted by molar-refractivity contribution is 6.09. The highest BCUT2D eigenvalue weighted by Crippen LogP contribution is 2.32. The molecule has 4 amide bonds. The minimum absolute atomic E-state index is 0.299. The molecular formula is C21H25N3O3. The zero-order valence-corrected chi connectivity index (χ0v) is 15.7. The second-order valence-corrected chi connectivity index (χ2v) is 7.16. The number of hydrogen-bond donors (Lipinski definition) is 1. The van der Waals surface area contributed by atoms with Gasteiger partial charge in [0.15, 0.2) is 0 Å². The van der Waals surface area contributed by atoms with Crippen molar-refractivity contribution in [2.24, 2.45) is 0 Å². The van der Waals surface area contributed by atoms with E-state index in [1.54, 1.807) is 19.1 Å². The number of fused-ring (bicyclic) bond motifs is 1. The summed E-state index contributed by atoms with van der Waals surface area (Å²) in [4.78, 5) is 40.5. The molecule has 3 rings (SSSR count). The summed E-state index contributed by atoms with van der Waals surface area (Å²) >= 11 is 0. The molecule has 2 aliphatic rings. The average molecular weight is 367 g/mol. The molecule has 27 heavy (non-hydrogen) atoms. The highest BCUT2D eigenvalue weighted by atomic mass is 16.2. The van der Waals surface area contributed by atoms with E-state index in [9.17, 15) is 14.4 Å². The normalized spacial score (nSPS) is 21.0. The van der Waals surface area contributed by atoms with Crippen LogP contribution >= 0.6 is 0 Å². The largest absolute Gasteiger partial charge is 0.334 e. The fraction of sp³-hybridized carbons (Fsp3) is 0.381. The lowest BCUT2D eigenvalue weighted by atomic mass is 9.89. The highest BCUT2D eigenvalue weighted by Gasteiger charge is 2.49. The molecule has 6 heteroatoms. The zero-order chi connectivity index (χ0) is 19.6. The van der Waals surface area contributed by atoms with E-state index in [-0.39, 0.29) is 12.5 Å². The van der Waals surface area contributed by atoms with Gasteiger partial charge in [0.05, 0.1) is 0 Å². The quantitative estimate of drug-likeness (QED) is 0.593. The maximum atomic E-state index is 13.0. The molecule has 6 nitrogen and oxygen atoms in total. The first-order valence-corrected chi connectivity index (χ1v) is 9.16. The van der Waals surface area contributed by atoms with Crippen LogP contribution in [0.2, 0.25) is 0 Å². The van der Waals surface area contributed by atoms with Gasteiger partial charge < -0.3 is 10.2 Å². The molecule has 1 heterocycles. The summed E-state index contributed by atoms with van der Waals surface area (Å²) in [6.07, 6.45) is 6.35. The van der Waals surface area contributed by atoms with Crippen LogP contribution in [0.15, 0.2) is 43.5 Å². The molecule has 1 N–H and O–H groups in total. The molecule has 1 aromatic rings. The fourth-order valence-electron chi connectivity index (χ4n) is 3.74. The summed E-state index contributed by atoms with van der Waals surface area (Å²) in [6.45, 7) is 9.32. The molecule has 0 saturated carbocycles. The van der Waals surface area contributed by atoms with Crippen molar-refractivity contribution in [3.05, 3.63) is 60.2 Å². The first-order chi connectivity index (χ1) is 12.9. The van der Waals surface area contributed by atoms with Crippen LogP contribution in [0.5, 0.6) is 0 Å². The molecule has 1 aliphatic carbocycles. The van der Waals surface area contributed by atoms with Crippen LogP contribution in [-0.4, -0.2) is 47.3 Å². The summed E-state index contributed by atoms with van der Waals surface area (Å²) in [5.74, 6) is -0.729. The van der Waals surface area contributed by atoms with Crippen LogP contribution in [0.4, 0.5) is 4.79 Å². The Morgan fingerprint density at radius 3 is 2.56 bits per heavy atom. The monoisotopic (exact) mass is 367 g/mol. The van der Waals surface area contributed by atoms with E-state index in [0.717, 1.165) is 29.7 Å². The van der Waals surface area contributed by atoms with Crippen molar-refractivity contribution in [1.29, 1.82) is 0 Å². The smallest absolute Gasteiger partial charge is 0.325 e. The molecule has 0 bridgehead atoms. The zero-order valence-electron chi connectivity index (χ0n) is 15.7. The SMILES string of the molecule is C=CCN(CC=C)C(=O)CN1C(=O)NC(C)(c2ccc3c(c2)CCC3)C1=O. The first-order valence-electron chi connectivity index (χ1n) is 9.16. The Morgan fingerprint density at radius 2 is 1.89 bits per heavy atom. The standard InChI is InChI=1S/C21H25N3O3/c1-4-11-23(12-5-2)18(25)14-24-19(26)21(3,22-20(24)27)17-10-9-15-7-6-8-16(15)13-17/h4-5,9-10,13H,1-2,6-8,11-12,14H2,3H3,(H,22,27). The van der Waals surface area contributed by atoms with E-state index in [0.29, 0.717) is 13.1 Å². The second kappa shape index (κ2) is 7.39. The van der Waals surface area contributed by atoms with Gasteiger partial charge in [-0.3, -0.25) is 14.5 Å². The van der Waals surface area contributed by atoms with E-state index in [1.165, 1.54) is 16.0 Å². The van der Waals surface area contributed by atoms with Crippen molar-refractivity contribution >= 4 is 17.8 Å². The third-order valence-electron chi connectivity index (χ3n) is 5.30. The van der Waals surface area contributed by atoms with E-state index in [4.69, 9.17) is 0 Å². The van der Waals surface area contributed by atoms with Crippen LogP contribution in [0.25, 0.3) is 0 Å². The molecule has 1 atom stereocenters. The Hall–Kier alpha value is -2.89. The van der Waals surface area contributed by atoms with Crippen LogP contribution in [0.1, 0.15) is 30.0 Å². The molecule has 0 spiro atoms. The molecule has 0 radical (unpaired) electrons. The number of nitrogens with zero attached hydrogens (tertiary/aromatic N) is 2. The van der Waals surface area contributed by atoms with Crippen molar-refractivity contribution in [2.45, 2.75) is 31.7 Å². The van der Waals surface area contributed by atoms with Gasteiger partial charge in [0.25, 0.3) is 5.91 Å². The number of hydrogen-bond acceptors (Lipinski definition) is 3. The van der Waals surface area contributed by atoms with Crippen LogP contribution in [-0.2, 0) is 28.0 Å². The van der Waals surface area contributed by atoms with Crippen molar-refractivity contribution in [1.82, 2.24) is 15.1 Å². The number of aryl methyl sites for hydroxylation is 2. The number of carbonyl (C=O) groups is 3. The van der Waals surface area contributed by atoms with Crippen LogP contribution < -0.4 is 5.32 Å². The molecular weight excluding hydrogens is 342 g/mol. The molecule has 1 fully saturated rings. The Bertz CT molecular complexity index is 807.